The van der Waals surface area contributed by atoms with E-state index in [1.807, 2.05) is 21.1 Å². The van der Waals surface area contributed by atoms with E-state index in [0.717, 1.165) is 64.2 Å². The van der Waals surface area contributed by atoms with Crippen molar-refractivity contribution in [1.29, 1.82) is 0 Å². The van der Waals surface area contributed by atoms with Gasteiger partial charge in [0, 0.05) is 6.42 Å². The molecule has 2 N–H and O–H groups in total. The molecular formula is C49H95N2O6P. The van der Waals surface area contributed by atoms with Crippen molar-refractivity contribution in [2.45, 2.75) is 231 Å². The fourth-order valence-electron chi connectivity index (χ4n) is 6.99. The van der Waals surface area contributed by atoms with Gasteiger partial charge in [-0.3, -0.25) is 9.36 Å². The third-order valence-electron chi connectivity index (χ3n) is 10.9. The van der Waals surface area contributed by atoms with Crippen LogP contribution in [0.1, 0.15) is 219 Å². The molecule has 0 radical (unpaired) electrons. The molecule has 0 fully saturated rings. The van der Waals surface area contributed by atoms with Crippen molar-refractivity contribution in [1.82, 2.24) is 5.32 Å². The van der Waals surface area contributed by atoms with Crippen LogP contribution >= 0.6 is 7.82 Å². The first-order valence-electron chi connectivity index (χ1n) is 24.3. The van der Waals surface area contributed by atoms with Crippen molar-refractivity contribution in [3.05, 3.63) is 36.5 Å². The summed E-state index contributed by atoms with van der Waals surface area (Å²) in [6.45, 7) is 4.61. The number of carbonyl (C=O) groups is 1. The minimum atomic E-state index is -4.55. The Bertz CT molecular complexity index is 1040. The van der Waals surface area contributed by atoms with Gasteiger partial charge >= 0.3 is 0 Å². The van der Waals surface area contributed by atoms with Gasteiger partial charge in [0.05, 0.1) is 39.9 Å². The number of amides is 1. The van der Waals surface area contributed by atoms with E-state index < -0.39 is 20.0 Å². The number of unbranched alkanes of at least 4 members (excludes halogenated alkanes) is 25. The monoisotopic (exact) mass is 839 g/mol. The van der Waals surface area contributed by atoms with Crippen LogP contribution in [0.25, 0.3) is 0 Å². The maximum Gasteiger partial charge on any atom is 0.268 e. The second-order valence-electron chi connectivity index (χ2n) is 17.8. The smallest absolute Gasteiger partial charge is 0.268 e. The molecule has 3 atom stereocenters. The average molecular weight is 839 g/mol. The SMILES string of the molecule is CCCCCCC/C=C\C/C=C\C/C=C\CCCCCCCCCCCCCCCCCCC(=O)NC(COP(=O)([O-])OCC[N+](C)(C)C)C(O)CCCCCCC. The standard InChI is InChI=1S/C49H95N2O6P/c1-6-8-10-12-13-14-15-16-17-18-19-20-21-22-23-24-25-26-27-28-29-30-31-32-33-34-35-36-37-39-41-43-49(53)50-47(48(52)42-40-38-11-9-7-2)46-57-58(54,55)56-45-44-51(3,4)5/h15-16,18-19,21-22,47-48,52H,6-14,17,20,23-46H2,1-5H3,(H-,50,53,54,55)/b16-15-,19-18-,22-21-. The van der Waals surface area contributed by atoms with Crippen LogP contribution in [0, 0.1) is 0 Å². The van der Waals surface area contributed by atoms with Crippen LogP contribution in [0.5, 0.6) is 0 Å². The van der Waals surface area contributed by atoms with Crippen molar-refractivity contribution >= 4 is 13.7 Å². The van der Waals surface area contributed by atoms with Crippen molar-refractivity contribution < 1.29 is 32.9 Å². The average Bonchev–Trinajstić information content (AvgIpc) is 3.17. The lowest BCUT2D eigenvalue weighted by Gasteiger charge is -2.30. The van der Waals surface area contributed by atoms with E-state index in [2.05, 4.69) is 55.6 Å². The van der Waals surface area contributed by atoms with Crippen LogP contribution in [0.2, 0.25) is 0 Å². The molecule has 342 valence electrons. The Hall–Kier alpha value is -1.28. The maximum absolute atomic E-state index is 12.8. The Morgan fingerprint density at radius 2 is 1.00 bits per heavy atom. The highest BCUT2D eigenvalue weighted by molar-refractivity contribution is 7.45. The Kier molecular flexibility index (Phi) is 40.2. The van der Waals surface area contributed by atoms with Crippen molar-refractivity contribution in [3.63, 3.8) is 0 Å². The van der Waals surface area contributed by atoms with Gasteiger partial charge in [0.2, 0.25) is 5.91 Å². The first kappa shape index (κ1) is 56.7. The number of hydrogen-bond acceptors (Lipinski definition) is 6. The van der Waals surface area contributed by atoms with Crippen LogP contribution in [0.15, 0.2) is 36.5 Å². The lowest BCUT2D eigenvalue weighted by molar-refractivity contribution is -0.870. The van der Waals surface area contributed by atoms with Crippen LogP contribution < -0.4 is 10.2 Å². The summed E-state index contributed by atoms with van der Waals surface area (Å²) < 4.78 is 23.1. The predicted molar refractivity (Wildman–Crippen MR) is 247 cm³/mol. The molecule has 0 rings (SSSR count). The highest BCUT2D eigenvalue weighted by Crippen LogP contribution is 2.38. The van der Waals surface area contributed by atoms with Gasteiger partial charge in [-0.25, -0.2) is 0 Å². The lowest BCUT2D eigenvalue weighted by Crippen LogP contribution is -2.46. The molecule has 0 saturated carbocycles. The van der Waals surface area contributed by atoms with Gasteiger partial charge in [-0.2, -0.15) is 0 Å². The van der Waals surface area contributed by atoms with E-state index in [4.69, 9.17) is 9.05 Å². The number of rotatable bonds is 44. The second-order valence-corrected chi connectivity index (χ2v) is 19.2. The molecule has 0 aromatic heterocycles. The van der Waals surface area contributed by atoms with Gasteiger partial charge in [0.1, 0.15) is 13.2 Å². The Balaban J connectivity index is 3.85. The highest BCUT2D eigenvalue weighted by atomic mass is 31.2. The van der Waals surface area contributed by atoms with Crippen LogP contribution in [0.4, 0.5) is 0 Å². The van der Waals surface area contributed by atoms with Gasteiger partial charge in [-0.05, 0) is 51.4 Å². The minimum absolute atomic E-state index is 0.0116. The number of aliphatic hydroxyl groups is 1. The number of likely N-dealkylation sites (N-methyl/N-ethyl adjacent to an activating group) is 1. The topological polar surface area (TPSA) is 108 Å². The molecule has 0 aromatic carbocycles. The molecule has 0 aliphatic rings. The molecule has 9 heteroatoms. The number of hydrogen-bond donors (Lipinski definition) is 2. The number of nitrogens with zero attached hydrogens (tertiary/aromatic N) is 1. The first-order chi connectivity index (χ1) is 28.0. The van der Waals surface area contributed by atoms with Crippen LogP contribution in [0.3, 0.4) is 0 Å². The Morgan fingerprint density at radius 3 is 1.45 bits per heavy atom. The number of nitrogens with one attached hydrogen (secondary N) is 1. The molecule has 0 saturated heterocycles. The number of allylic oxidation sites excluding steroid dienone is 6. The second kappa shape index (κ2) is 41.1. The van der Waals surface area contributed by atoms with Gasteiger partial charge in [0.15, 0.2) is 0 Å². The van der Waals surface area contributed by atoms with E-state index in [1.165, 1.54) is 128 Å². The third-order valence-corrected chi connectivity index (χ3v) is 11.8. The summed E-state index contributed by atoms with van der Waals surface area (Å²) >= 11 is 0. The number of phosphoric ester groups is 1. The molecule has 0 aliphatic heterocycles. The molecule has 0 aromatic rings. The van der Waals surface area contributed by atoms with Crippen molar-refractivity contribution in [3.8, 4) is 0 Å². The molecule has 3 unspecified atom stereocenters. The summed E-state index contributed by atoms with van der Waals surface area (Å²) in [6, 6.07) is -0.795. The molecular weight excluding hydrogens is 744 g/mol. The first-order valence-corrected chi connectivity index (χ1v) is 25.8. The molecule has 0 bridgehead atoms. The lowest BCUT2D eigenvalue weighted by atomic mass is 10.0. The van der Waals surface area contributed by atoms with Crippen molar-refractivity contribution in [2.24, 2.45) is 0 Å². The summed E-state index contributed by atoms with van der Waals surface area (Å²) in [5.74, 6) is -0.172. The third kappa shape index (κ3) is 42.8. The summed E-state index contributed by atoms with van der Waals surface area (Å²) in [7, 11) is 1.30. The fourth-order valence-corrected chi connectivity index (χ4v) is 7.71. The highest BCUT2D eigenvalue weighted by Gasteiger charge is 2.24. The minimum Gasteiger partial charge on any atom is -0.756 e. The van der Waals surface area contributed by atoms with Crippen molar-refractivity contribution in [2.75, 3.05) is 40.9 Å². The Morgan fingerprint density at radius 1 is 0.603 bits per heavy atom. The fraction of sp³-hybridized carbons (Fsp3) is 0.857. The molecule has 1 amide bonds. The van der Waals surface area contributed by atoms with Crippen LogP contribution in [-0.2, 0) is 18.4 Å². The van der Waals surface area contributed by atoms with Gasteiger partial charge in [0.25, 0.3) is 7.82 Å². The van der Waals surface area contributed by atoms with E-state index >= 15 is 0 Å². The summed E-state index contributed by atoms with van der Waals surface area (Å²) in [6.07, 6.45) is 50.8. The summed E-state index contributed by atoms with van der Waals surface area (Å²) in [5.41, 5.74) is 0. The molecule has 58 heavy (non-hydrogen) atoms. The molecule has 0 spiro atoms. The molecule has 8 nitrogen and oxygen atoms in total. The number of carbonyl (C=O) groups excluding carboxylic acids is 1. The van der Waals surface area contributed by atoms with Crippen LogP contribution in [-0.4, -0.2) is 68.5 Å². The number of quaternary nitrogens is 1. The number of aliphatic hydroxyl groups excluding tert-OH is 1. The van der Waals surface area contributed by atoms with Gasteiger partial charge in [-0.15, -0.1) is 0 Å². The zero-order valence-electron chi connectivity index (χ0n) is 38.8. The van der Waals surface area contributed by atoms with E-state index in [9.17, 15) is 19.4 Å². The zero-order valence-corrected chi connectivity index (χ0v) is 39.6. The Labute approximate surface area is 359 Å². The van der Waals surface area contributed by atoms with Gasteiger partial charge in [-0.1, -0.05) is 198 Å². The maximum atomic E-state index is 12.8. The largest absolute Gasteiger partial charge is 0.756 e. The quantitative estimate of drug-likeness (QED) is 0.0274. The van der Waals surface area contributed by atoms with E-state index in [1.54, 1.807) is 0 Å². The number of phosphoric acid groups is 1. The van der Waals surface area contributed by atoms with Gasteiger partial charge < -0.3 is 28.8 Å². The summed E-state index contributed by atoms with van der Waals surface area (Å²) in [4.78, 5) is 25.1. The molecule has 0 heterocycles. The predicted octanol–water partition coefficient (Wildman–Crippen LogP) is 13.2. The molecule has 0 aliphatic carbocycles. The summed E-state index contributed by atoms with van der Waals surface area (Å²) in [5, 5.41) is 13.7. The van der Waals surface area contributed by atoms with E-state index in [0.29, 0.717) is 23.9 Å². The normalized spacial score (nSPS) is 14.5. The zero-order chi connectivity index (χ0) is 42.8. The van der Waals surface area contributed by atoms with E-state index in [-0.39, 0.29) is 19.1 Å².